The summed E-state index contributed by atoms with van der Waals surface area (Å²) in [7, 11) is 3.19. The minimum atomic E-state index is -2.69. The first-order chi connectivity index (χ1) is 19.9. The van der Waals surface area contributed by atoms with Gasteiger partial charge in [0.2, 0.25) is 5.78 Å². The zero-order valence-corrected chi connectivity index (χ0v) is 23.1. The number of aromatic hydroxyl groups is 1. The van der Waals surface area contributed by atoms with Crippen LogP contribution in [0.4, 0.5) is 0 Å². The molecule has 0 radical (unpaired) electrons. The standard InChI is InChI=1S/C32H31N3O7/c1-35(2)25-21-12-15-10-20-19(18-9-5-7-14-6-3-4-8-17(14)18)11-16(13-33)26(36)23(20)27(37)22(15)29(39)32(21,42)30(40)24(28(25)38)31(34)41/h3-9,11,15,21,25,36,38-39,42H,10,12-13,33H2,1-2H3,(H2,34,41)/t15-,21-,25-,32-/m0/s1. The summed E-state index contributed by atoms with van der Waals surface area (Å²) in [6.07, 6.45) is 0.200. The van der Waals surface area contributed by atoms with Crippen molar-refractivity contribution in [3.8, 4) is 16.9 Å². The summed E-state index contributed by atoms with van der Waals surface area (Å²) in [5.74, 6) is -6.87. The number of primary amides is 1. The summed E-state index contributed by atoms with van der Waals surface area (Å²) in [4.78, 5) is 41.5. The molecular formula is C32H31N3O7. The van der Waals surface area contributed by atoms with E-state index < -0.39 is 58.0 Å². The molecule has 3 aromatic rings. The Hall–Kier alpha value is -4.51. The maximum atomic E-state index is 14.2. The quantitative estimate of drug-likeness (QED) is 0.256. The highest BCUT2D eigenvalue weighted by Gasteiger charge is 2.63. The minimum Gasteiger partial charge on any atom is -0.510 e. The van der Waals surface area contributed by atoms with Crippen LogP contribution in [0.3, 0.4) is 0 Å². The number of aliphatic hydroxyl groups is 3. The summed E-state index contributed by atoms with van der Waals surface area (Å²) in [5, 5.41) is 47.5. The van der Waals surface area contributed by atoms with Gasteiger partial charge < -0.3 is 31.9 Å². The molecule has 0 heterocycles. The van der Waals surface area contributed by atoms with Crippen LogP contribution >= 0.6 is 0 Å². The number of carbonyl (C=O) groups is 3. The number of allylic oxidation sites excluding steroid dienone is 1. The molecule has 0 fully saturated rings. The molecule has 3 aromatic carbocycles. The molecule has 6 rings (SSSR count). The van der Waals surface area contributed by atoms with Crippen molar-refractivity contribution in [2.24, 2.45) is 23.3 Å². The molecule has 10 nitrogen and oxygen atoms in total. The fraction of sp³-hybridized carbons (Fsp3) is 0.281. The van der Waals surface area contributed by atoms with Gasteiger partial charge in [-0.25, -0.2) is 0 Å². The van der Waals surface area contributed by atoms with Gasteiger partial charge in [0.1, 0.15) is 22.8 Å². The van der Waals surface area contributed by atoms with Crippen LogP contribution in [0.2, 0.25) is 0 Å². The number of amides is 1. The van der Waals surface area contributed by atoms with Gasteiger partial charge in [-0.15, -0.1) is 0 Å². The highest BCUT2D eigenvalue weighted by atomic mass is 16.3. The SMILES string of the molecule is CN(C)[C@@H]1C(O)=C(C(N)=O)C(=O)[C@@]2(O)C(O)=C3C(=O)c4c(O)c(CN)cc(-c5cccc6ccccc56)c4C[C@H]3C[C@@H]12. The zero-order chi connectivity index (χ0) is 30.2. The number of Topliss-reactive ketones (excluding diaryl/α,β-unsaturated/α-hetero) is 2. The van der Waals surface area contributed by atoms with Crippen LogP contribution < -0.4 is 11.5 Å². The molecule has 3 aliphatic rings. The lowest BCUT2D eigenvalue weighted by molar-refractivity contribution is -0.148. The first-order valence-corrected chi connectivity index (χ1v) is 13.6. The first kappa shape index (κ1) is 27.6. The average molecular weight is 570 g/mol. The second-order valence-corrected chi connectivity index (χ2v) is 11.5. The normalized spacial score (nSPS) is 25.5. The molecule has 4 atom stereocenters. The number of carbonyl (C=O) groups excluding carboxylic acids is 3. The monoisotopic (exact) mass is 569 g/mol. The van der Waals surface area contributed by atoms with E-state index in [0.717, 1.165) is 16.3 Å². The summed E-state index contributed by atoms with van der Waals surface area (Å²) in [6.45, 7) is -0.0698. The van der Waals surface area contributed by atoms with Crippen LogP contribution in [-0.4, -0.2) is 68.5 Å². The predicted octanol–water partition coefficient (Wildman–Crippen LogP) is 2.40. The van der Waals surface area contributed by atoms with Crippen molar-refractivity contribution in [3.63, 3.8) is 0 Å². The fourth-order valence-electron chi connectivity index (χ4n) is 7.23. The molecule has 0 spiro atoms. The topological polar surface area (TPSA) is 187 Å². The van der Waals surface area contributed by atoms with Gasteiger partial charge in [-0.3, -0.25) is 19.3 Å². The van der Waals surface area contributed by atoms with E-state index in [1.807, 2.05) is 42.5 Å². The summed E-state index contributed by atoms with van der Waals surface area (Å²) >= 11 is 0. The Bertz CT molecular complexity index is 1780. The van der Waals surface area contributed by atoms with Crippen molar-refractivity contribution in [2.45, 2.75) is 31.0 Å². The molecule has 0 aliphatic heterocycles. The van der Waals surface area contributed by atoms with Crippen LogP contribution in [0.15, 0.2) is 71.2 Å². The molecule has 0 unspecified atom stereocenters. The Labute approximate surface area is 241 Å². The fourth-order valence-corrected chi connectivity index (χ4v) is 7.23. The molecule has 216 valence electrons. The van der Waals surface area contributed by atoms with E-state index in [1.54, 1.807) is 20.2 Å². The molecule has 3 aliphatic carbocycles. The maximum Gasteiger partial charge on any atom is 0.255 e. The van der Waals surface area contributed by atoms with Crippen LogP contribution in [0.25, 0.3) is 21.9 Å². The molecular weight excluding hydrogens is 538 g/mol. The number of hydrogen-bond donors (Lipinski definition) is 6. The average Bonchev–Trinajstić information content (AvgIpc) is 2.94. The highest BCUT2D eigenvalue weighted by Crippen LogP contribution is 2.53. The van der Waals surface area contributed by atoms with E-state index >= 15 is 0 Å². The lowest BCUT2D eigenvalue weighted by Crippen LogP contribution is -2.63. The lowest BCUT2D eigenvalue weighted by Gasteiger charge is -2.50. The molecule has 0 saturated heterocycles. The van der Waals surface area contributed by atoms with Crippen LogP contribution in [0.5, 0.6) is 5.75 Å². The Morgan fingerprint density at radius 3 is 2.40 bits per heavy atom. The van der Waals surface area contributed by atoms with Crippen LogP contribution in [0.1, 0.15) is 27.9 Å². The third-order valence-corrected chi connectivity index (χ3v) is 9.10. The van der Waals surface area contributed by atoms with E-state index in [-0.39, 0.29) is 36.3 Å². The Morgan fingerprint density at radius 1 is 1.05 bits per heavy atom. The van der Waals surface area contributed by atoms with Gasteiger partial charge in [0.15, 0.2) is 11.4 Å². The number of rotatable bonds is 4. The number of likely N-dealkylation sites (N-methyl/N-ethyl adjacent to an activating group) is 1. The van der Waals surface area contributed by atoms with Gasteiger partial charge in [0, 0.05) is 23.6 Å². The molecule has 10 heteroatoms. The van der Waals surface area contributed by atoms with E-state index in [4.69, 9.17) is 11.5 Å². The lowest BCUT2D eigenvalue weighted by atomic mass is 9.58. The van der Waals surface area contributed by atoms with Crippen molar-refractivity contribution >= 4 is 28.2 Å². The van der Waals surface area contributed by atoms with Crippen LogP contribution in [-0.2, 0) is 22.6 Å². The number of nitrogens with zero attached hydrogens (tertiary/aromatic N) is 1. The number of phenolic OH excluding ortho intramolecular Hbond substituents is 1. The number of phenols is 1. The molecule has 8 N–H and O–H groups in total. The molecule has 42 heavy (non-hydrogen) atoms. The summed E-state index contributed by atoms with van der Waals surface area (Å²) in [5.41, 5.74) is 10.0. The van der Waals surface area contributed by atoms with Crippen molar-refractivity contribution in [1.82, 2.24) is 4.90 Å². The number of fused-ring (bicyclic) bond motifs is 4. The first-order valence-electron chi connectivity index (χ1n) is 13.6. The number of ketones is 2. The Balaban J connectivity index is 1.61. The van der Waals surface area contributed by atoms with Gasteiger partial charge in [0.05, 0.1) is 11.6 Å². The minimum absolute atomic E-state index is 0.0140. The largest absolute Gasteiger partial charge is 0.510 e. The van der Waals surface area contributed by atoms with Crippen LogP contribution in [0, 0.1) is 11.8 Å². The highest BCUT2D eigenvalue weighted by molar-refractivity contribution is 6.25. The van der Waals surface area contributed by atoms with Crippen molar-refractivity contribution in [1.29, 1.82) is 0 Å². The molecule has 1 amide bonds. The van der Waals surface area contributed by atoms with Gasteiger partial charge in [-0.05, 0) is 66.4 Å². The number of benzene rings is 3. The third-order valence-electron chi connectivity index (χ3n) is 9.10. The smallest absolute Gasteiger partial charge is 0.255 e. The maximum absolute atomic E-state index is 14.2. The molecule has 0 aromatic heterocycles. The zero-order valence-electron chi connectivity index (χ0n) is 23.1. The summed E-state index contributed by atoms with van der Waals surface area (Å²) in [6, 6.07) is 14.3. The van der Waals surface area contributed by atoms with Crippen molar-refractivity contribution in [2.75, 3.05) is 14.1 Å². The Kier molecular flexibility index (Phi) is 6.27. The Morgan fingerprint density at radius 2 is 1.74 bits per heavy atom. The predicted molar refractivity (Wildman–Crippen MR) is 155 cm³/mol. The van der Waals surface area contributed by atoms with Crippen molar-refractivity contribution in [3.05, 3.63) is 87.9 Å². The van der Waals surface area contributed by atoms with Gasteiger partial charge in [0.25, 0.3) is 5.91 Å². The van der Waals surface area contributed by atoms with E-state index in [9.17, 15) is 34.8 Å². The van der Waals surface area contributed by atoms with E-state index in [1.165, 1.54) is 4.90 Å². The van der Waals surface area contributed by atoms with Gasteiger partial charge in [-0.1, -0.05) is 42.5 Å². The van der Waals surface area contributed by atoms with E-state index in [2.05, 4.69) is 0 Å². The summed E-state index contributed by atoms with van der Waals surface area (Å²) < 4.78 is 0. The third kappa shape index (κ3) is 3.59. The second-order valence-electron chi connectivity index (χ2n) is 11.5. The van der Waals surface area contributed by atoms with E-state index in [0.29, 0.717) is 16.7 Å². The number of hydrogen-bond acceptors (Lipinski definition) is 9. The number of aliphatic hydroxyl groups excluding tert-OH is 2. The second kappa shape index (κ2) is 9.52. The number of nitrogens with two attached hydrogens (primary N) is 2. The molecule has 0 bridgehead atoms. The molecule has 0 saturated carbocycles. The van der Waals surface area contributed by atoms with Gasteiger partial charge in [-0.2, -0.15) is 0 Å². The van der Waals surface area contributed by atoms with Crippen molar-refractivity contribution < 1.29 is 34.8 Å². The van der Waals surface area contributed by atoms with Gasteiger partial charge >= 0.3 is 0 Å².